The summed E-state index contributed by atoms with van der Waals surface area (Å²) < 4.78 is 10.0. The summed E-state index contributed by atoms with van der Waals surface area (Å²) in [7, 11) is 1.30. The van der Waals surface area contributed by atoms with Gasteiger partial charge in [0.15, 0.2) is 6.10 Å². The van der Waals surface area contributed by atoms with Crippen molar-refractivity contribution < 1.29 is 19.4 Å². The molecule has 1 aromatic carbocycles. The van der Waals surface area contributed by atoms with Crippen molar-refractivity contribution in [1.29, 1.82) is 0 Å². The van der Waals surface area contributed by atoms with Crippen molar-refractivity contribution >= 4 is 5.97 Å². The molecule has 4 heteroatoms. The van der Waals surface area contributed by atoms with Crippen molar-refractivity contribution in [1.82, 2.24) is 0 Å². The number of methoxy groups -OCH3 is 1. The molecule has 0 aliphatic rings. The Bertz CT molecular complexity index is 331. The van der Waals surface area contributed by atoms with E-state index >= 15 is 0 Å². The highest BCUT2D eigenvalue weighted by Crippen LogP contribution is 2.15. The molecule has 0 radical (unpaired) electrons. The average Bonchev–Trinajstić information content (AvgIpc) is 2.30. The molecule has 1 unspecified atom stereocenters. The van der Waals surface area contributed by atoms with Gasteiger partial charge in [-0.2, -0.15) is 0 Å². The molecule has 1 aromatic rings. The fourth-order valence-electron chi connectivity index (χ4n) is 1.25. The van der Waals surface area contributed by atoms with Gasteiger partial charge in [-0.3, -0.25) is 0 Å². The topological polar surface area (TPSA) is 55.8 Å². The van der Waals surface area contributed by atoms with Crippen LogP contribution in [0.3, 0.4) is 0 Å². The number of rotatable bonds is 5. The molecule has 4 nitrogen and oxygen atoms in total. The second-order valence-corrected chi connectivity index (χ2v) is 3.45. The molecule has 1 N–H and O–H groups in total. The molecular formula is C12H16O4. The lowest BCUT2D eigenvalue weighted by Gasteiger charge is -2.15. The van der Waals surface area contributed by atoms with E-state index in [1.807, 2.05) is 19.1 Å². The lowest BCUT2D eigenvalue weighted by Crippen LogP contribution is -2.29. The Morgan fingerprint density at radius 2 is 2.00 bits per heavy atom. The molecule has 0 heterocycles. The van der Waals surface area contributed by atoms with Gasteiger partial charge in [-0.25, -0.2) is 4.79 Å². The zero-order valence-electron chi connectivity index (χ0n) is 9.47. The summed E-state index contributed by atoms with van der Waals surface area (Å²) in [5.74, 6) is 0.115. The number of carbonyl (C=O) groups excluding carboxylic acids is 1. The van der Waals surface area contributed by atoms with Crippen LogP contribution in [0, 0.1) is 6.92 Å². The molecule has 0 aliphatic carbocycles. The number of ether oxygens (including phenoxy) is 2. The Kier molecular flexibility index (Phi) is 4.79. The maximum absolute atomic E-state index is 11.3. The third-order valence-corrected chi connectivity index (χ3v) is 2.15. The maximum Gasteiger partial charge on any atom is 0.347 e. The van der Waals surface area contributed by atoms with Crippen LogP contribution in [0.1, 0.15) is 12.0 Å². The second-order valence-electron chi connectivity index (χ2n) is 3.45. The average molecular weight is 224 g/mol. The van der Waals surface area contributed by atoms with E-state index < -0.39 is 12.1 Å². The minimum absolute atomic E-state index is 0.119. The van der Waals surface area contributed by atoms with Crippen molar-refractivity contribution in [2.24, 2.45) is 0 Å². The van der Waals surface area contributed by atoms with E-state index in [2.05, 4.69) is 4.74 Å². The first-order valence-corrected chi connectivity index (χ1v) is 5.09. The van der Waals surface area contributed by atoms with Gasteiger partial charge >= 0.3 is 5.97 Å². The van der Waals surface area contributed by atoms with Gasteiger partial charge < -0.3 is 14.6 Å². The second kappa shape index (κ2) is 6.12. The molecule has 0 saturated carbocycles. The largest absolute Gasteiger partial charge is 0.479 e. The van der Waals surface area contributed by atoms with E-state index in [0.29, 0.717) is 5.75 Å². The first-order chi connectivity index (χ1) is 7.67. The van der Waals surface area contributed by atoms with Crippen molar-refractivity contribution in [2.45, 2.75) is 19.4 Å². The molecule has 16 heavy (non-hydrogen) atoms. The Hall–Kier alpha value is -1.55. The summed E-state index contributed by atoms with van der Waals surface area (Å²) in [5, 5.41) is 8.82. The molecule has 0 saturated heterocycles. The van der Waals surface area contributed by atoms with Gasteiger partial charge in [0.1, 0.15) is 5.75 Å². The molecule has 1 rings (SSSR count). The summed E-state index contributed by atoms with van der Waals surface area (Å²) >= 11 is 0. The third kappa shape index (κ3) is 3.55. The van der Waals surface area contributed by atoms with Crippen LogP contribution in [0.15, 0.2) is 24.3 Å². The van der Waals surface area contributed by atoms with Crippen LogP contribution in [-0.4, -0.2) is 30.9 Å². The Morgan fingerprint density at radius 1 is 1.38 bits per heavy atom. The smallest absolute Gasteiger partial charge is 0.347 e. The fraction of sp³-hybridized carbons (Fsp3) is 0.417. The fourth-order valence-corrected chi connectivity index (χ4v) is 1.25. The highest BCUT2D eigenvalue weighted by molar-refractivity contribution is 5.74. The summed E-state index contributed by atoms with van der Waals surface area (Å²) in [5.41, 5.74) is 1.11. The molecule has 0 fully saturated rings. The van der Waals surface area contributed by atoms with Gasteiger partial charge in [0.2, 0.25) is 0 Å². The van der Waals surface area contributed by atoms with Crippen LogP contribution >= 0.6 is 0 Å². The molecule has 0 spiro atoms. The van der Waals surface area contributed by atoms with E-state index in [1.165, 1.54) is 7.11 Å². The molecule has 0 amide bonds. The SMILES string of the molecule is COC(=O)C(CCO)Oc1ccc(C)cc1. The minimum atomic E-state index is -0.752. The molecule has 0 aliphatic heterocycles. The van der Waals surface area contributed by atoms with E-state index in [9.17, 15) is 4.79 Å². The number of aliphatic hydroxyl groups excluding tert-OH is 1. The third-order valence-electron chi connectivity index (χ3n) is 2.15. The maximum atomic E-state index is 11.3. The predicted molar refractivity (Wildman–Crippen MR) is 59.3 cm³/mol. The van der Waals surface area contributed by atoms with E-state index in [0.717, 1.165) is 5.56 Å². The van der Waals surface area contributed by atoms with Gasteiger partial charge in [0.05, 0.1) is 7.11 Å². The van der Waals surface area contributed by atoms with Crippen LogP contribution in [-0.2, 0) is 9.53 Å². The molecule has 0 bridgehead atoms. The van der Waals surface area contributed by atoms with Crippen molar-refractivity contribution in [3.05, 3.63) is 29.8 Å². The Morgan fingerprint density at radius 3 is 2.50 bits per heavy atom. The van der Waals surface area contributed by atoms with Crippen molar-refractivity contribution in [3.63, 3.8) is 0 Å². The van der Waals surface area contributed by atoms with Crippen LogP contribution in [0.5, 0.6) is 5.75 Å². The molecular weight excluding hydrogens is 208 g/mol. The molecule has 1 atom stereocenters. The van der Waals surface area contributed by atoms with Gasteiger partial charge in [-0.1, -0.05) is 17.7 Å². The van der Waals surface area contributed by atoms with Gasteiger partial charge in [0.25, 0.3) is 0 Å². The number of aliphatic hydroxyl groups is 1. The van der Waals surface area contributed by atoms with Gasteiger partial charge in [-0.05, 0) is 19.1 Å². The molecule has 88 valence electrons. The number of carbonyl (C=O) groups is 1. The van der Waals surface area contributed by atoms with Crippen LogP contribution in [0.2, 0.25) is 0 Å². The summed E-state index contributed by atoms with van der Waals surface area (Å²) in [6.07, 6.45) is -0.529. The lowest BCUT2D eigenvalue weighted by molar-refractivity contribution is -0.149. The number of esters is 1. The number of hydrogen-bond donors (Lipinski definition) is 1. The van der Waals surface area contributed by atoms with E-state index in [4.69, 9.17) is 9.84 Å². The lowest BCUT2D eigenvalue weighted by atomic mass is 10.2. The summed E-state index contributed by atoms with van der Waals surface area (Å²) in [6, 6.07) is 7.34. The standard InChI is InChI=1S/C12H16O4/c1-9-3-5-10(6-4-9)16-11(7-8-13)12(14)15-2/h3-6,11,13H,7-8H2,1-2H3. The Balaban J connectivity index is 2.67. The summed E-state index contributed by atoms with van der Waals surface area (Å²) in [6.45, 7) is 1.85. The first-order valence-electron chi connectivity index (χ1n) is 5.09. The van der Waals surface area contributed by atoms with Crippen LogP contribution in [0.4, 0.5) is 0 Å². The zero-order chi connectivity index (χ0) is 12.0. The Labute approximate surface area is 94.8 Å². The highest BCUT2D eigenvalue weighted by Gasteiger charge is 2.20. The number of hydrogen-bond acceptors (Lipinski definition) is 4. The normalized spacial score (nSPS) is 11.9. The quantitative estimate of drug-likeness (QED) is 0.766. The van der Waals surface area contributed by atoms with E-state index in [1.54, 1.807) is 12.1 Å². The first kappa shape index (κ1) is 12.5. The van der Waals surface area contributed by atoms with Gasteiger partial charge in [0, 0.05) is 13.0 Å². The highest BCUT2D eigenvalue weighted by atomic mass is 16.6. The van der Waals surface area contributed by atoms with Gasteiger partial charge in [-0.15, -0.1) is 0 Å². The minimum Gasteiger partial charge on any atom is -0.479 e. The number of benzene rings is 1. The monoisotopic (exact) mass is 224 g/mol. The van der Waals surface area contributed by atoms with Crippen molar-refractivity contribution in [3.8, 4) is 5.75 Å². The van der Waals surface area contributed by atoms with Crippen LogP contribution in [0.25, 0.3) is 0 Å². The number of aryl methyl sites for hydroxylation is 1. The summed E-state index contributed by atoms with van der Waals surface area (Å²) in [4.78, 5) is 11.3. The van der Waals surface area contributed by atoms with Crippen molar-refractivity contribution in [2.75, 3.05) is 13.7 Å². The predicted octanol–water partition coefficient (Wildman–Crippen LogP) is 1.30. The molecule has 0 aromatic heterocycles. The van der Waals surface area contributed by atoms with E-state index in [-0.39, 0.29) is 13.0 Å². The zero-order valence-corrected chi connectivity index (χ0v) is 9.47. The van der Waals surface area contributed by atoms with Crippen LogP contribution < -0.4 is 4.74 Å².